The maximum Gasteiger partial charge on any atom is 0.306 e. The zero-order valence-corrected chi connectivity index (χ0v) is 50.6. The summed E-state index contributed by atoms with van der Waals surface area (Å²) in [4.78, 5) is 38.3. The van der Waals surface area contributed by atoms with E-state index in [-0.39, 0.29) is 31.1 Å². The Bertz CT molecular complexity index is 1670. The van der Waals surface area contributed by atoms with Crippen LogP contribution in [0.15, 0.2) is 134 Å². The van der Waals surface area contributed by atoms with E-state index in [0.29, 0.717) is 19.3 Å². The number of hydrogen-bond acceptors (Lipinski definition) is 6. The highest BCUT2D eigenvalue weighted by atomic mass is 16.6. The van der Waals surface area contributed by atoms with Gasteiger partial charge in [0.1, 0.15) is 13.2 Å². The van der Waals surface area contributed by atoms with Gasteiger partial charge in [-0.2, -0.15) is 0 Å². The lowest BCUT2D eigenvalue weighted by Gasteiger charge is -2.18. The van der Waals surface area contributed by atoms with Gasteiger partial charge in [0.25, 0.3) is 0 Å². The SMILES string of the molecule is CC/C=C\C/C=C\C/C=C\C/C=C\C/C=C\CCCCCCCCCCCCCCCC(=O)OCC(COC(=O)CCCC/C=C\C/C=C\C/C=C\C/C=C\CC)OC(=O)CCCCCCC/C=C\C/C=C\CCCCCC. The van der Waals surface area contributed by atoms with Gasteiger partial charge in [-0.05, 0) is 135 Å². The number of carbonyl (C=O) groups is 3. The molecule has 6 nitrogen and oxygen atoms in total. The van der Waals surface area contributed by atoms with Gasteiger partial charge in [0.05, 0.1) is 0 Å². The quantitative estimate of drug-likeness (QED) is 0.0261. The molecule has 6 heteroatoms. The molecule has 0 aromatic rings. The predicted molar refractivity (Wildman–Crippen MR) is 339 cm³/mol. The van der Waals surface area contributed by atoms with Crippen LogP contribution in [0.4, 0.5) is 0 Å². The minimum absolute atomic E-state index is 0.100. The van der Waals surface area contributed by atoms with Gasteiger partial charge in [0, 0.05) is 19.3 Å². The van der Waals surface area contributed by atoms with E-state index < -0.39 is 6.10 Å². The van der Waals surface area contributed by atoms with Gasteiger partial charge in [-0.15, -0.1) is 0 Å². The summed E-state index contributed by atoms with van der Waals surface area (Å²) in [6.45, 7) is 6.35. The standard InChI is InChI=1S/C72H118O6/c1-4-7-10-13-16-19-22-25-28-30-31-32-33-34-35-36-37-38-39-40-41-42-45-47-50-53-56-59-62-65-71(74)77-68-69(67-76-70(73)64-61-58-55-52-49-46-43-27-24-21-18-15-12-9-6-3)78-72(75)66-63-60-57-54-51-48-44-29-26-23-20-17-14-11-8-5-2/h7,9-10,12,16,18-21,23,25,27-29,31-32,34-35,43-44,49,52,69H,4-6,8,11,13-15,17,22,24,26,30,33,36-42,45-48,50-51,53-68H2,1-3H3/b10-7-,12-9-,19-16-,21-18-,23-20-,28-25-,32-31-,35-34-,43-27-,44-29-,52-49-. The fourth-order valence-electron chi connectivity index (χ4n) is 8.61. The second-order valence-corrected chi connectivity index (χ2v) is 20.9. The van der Waals surface area contributed by atoms with Crippen molar-refractivity contribution in [2.24, 2.45) is 0 Å². The fourth-order valence-corrected chi connectivity index (χ4v) is 8.61. The lowest BCUT2D eigenvalue weighted by Crippen LogP contribution is -2.30. The highest BCUT2D eigenvalue weighted by molar-refractivity contribution is 5.71. The van der Waals surface area contributed by atoms with Crippen LogP contribution in [-0.2, 0) is 28.6 Å². The molecule has 1 unspecified atom stereocenters. The van der Waals surface area contributed by atoms with Crippen LogP contribution < -0.4 is 0 Å². The van der Waals surface area contributed by atoms with Crippen LogP contribution in [0.25, 0.3) is 0 Å². The average molecular weight is 1080 g/mol. The minimum atomic E-state index is -0.808. The molecule has 0 amide bonds. The number of allylic oxidation sites excluding steroid dienone is 22. The Morgan fingerprint density at radius 3 is 0.808 bits per heavy atom. The first-order valence-corrected chi connectivity index (χ1v) is 32.2. The van der Waals surface area contributed by atoms with Crippen LogP contribution in [-0.4, -0.2) is 37.2 Å². The van der Waals surface area contributed by atoms with Gasteiger partial charge < -0.3 is 14.2 Å². The normalized spacial score (nSPS) is 13.0. The zero-order chi connectivity index (χ0) is 56.4. The van der Waals surface area contributed by atoms with E-state index in [1.807, 2.05) is 0 Å². The zero-order valence-electron chi connectivity index (χ0n) is 50.6. The minimum Gasteiger partial charge on any atom is -0.462 e. The summed E-state index contributed by atoms with van der Waals surface area (Å²) in [6, 6.07) is 0. The maximum atomic E-state index is 12.9. The highest BCUT2D eigenvalue weighted by Crippen LogP contribution is 2.15. The van der Waals surface area contributed by atoms with Crippen molar-refractivity contribution in [2.75, 3.05) is 13.2 Å². The molecule has 0 fully saturated rings. The summed E-state index contributed by atoms with van der Waals surface area (Å²) in [6.07, 6.45) is 91.8. The van der Waals surface area contributed by atoms with Crippen molar-refractivity contribution in [1.82, 2.24) is 0 Å². The van der Waals surface area contributed by atoms with E-state index >= 15 is 0 Å². The topological polar surface area (TPSA) is 78.9 Å². The van der Waals surface area contributed by atoms with Crippen LogP contribution >= 0.6 is 0 Å². The first-order chi connectivity index (χ1) is 38.5. The van der Waals surface area contributed by atoms with Crippen molar-refractivity contribution in [1.29, 1.82) is 0 Å². The largest absolute Gasteiger partial charge is 0.462 e. The first-order valence-electron chi connectivity index (χ1n) is 32.2. The average Bonchev–Trinajstić information content (AvgIpc) is 3.44. The molecular formula is C72H118O6. The van der Waals surface area contributed by atoms with E-state index in [9.17, 15) is 14.4 Å². The van der Waals surface area contributed by atoms with Crippen LogP contribution in [0.1, 0.15) is 284 Å². The van der Waals surface area contributed by atoms with Gasteiger partial charge in [-0.1, -0.05) is 264 Å². The molecule has 0 bridgehead atoms. The van der Waals surface area contributed by atoms with Gasteiger partial charge in [0.15, 0.2) is 6.10 Å². The molecule has 78 heavy (non-hydrogen) atoms. The molecule has 0 heterocycles. The molecule has 0 saturated carbocycles. The van der Waals surface area contributed by atoms with Crippen molar-refractivity contribution >= 4 is 17.9 Å². The molecular weight excluding hydrogens is 961 g/mol. The lowest BCUT2D eigenvalue weighted by molar-refractivity contribution is -0.167. The molecule has 0 aromatic heterocycles. The Morgan fingerprint density at radius 1 is 0.269 bits per heavy atom. The number of carbonyl (C=O) groups excluding carboxylic acids is 3. The smallest absolute Gasteiger partial charge is 0.306 e. The fraction of sp³-hybridized carbons (Fsp3) is 0.653. The third-order valence-electron chi connectivity index (χ3n) is 13.4. The second-order valence-electron chi connectivity index (χ2n) is 20.9. The Hall–Kier alpha value is -4.45. The summed E-state index contributed by atoms with van der Waals surface area (Å²) < 4.78 is 16.9. The Kier molecular flexibility index (Phi) is 61.4. The molecule has 0 aliphatic rings. The van der Waals surface area contributed by atoms with Crippen molar-refractivity contribution < 1.29 is 28.6 Å². The molecule has 0 N–H and O–H groups in total. The second kappa shape index (κ2) is 65.1. The summed E-state index contributed by atoms with van der Waals surface area (Å²) in [5.41, 5.74) is 0. The first kappa shape index (κ1) is 73.5. The highest BCUT2D eigenvalue weighted by Gasteiger charge is 2.19. The van der Waals surface area contributed by atoms with E-state index in [2.05, 4.69) is 154 Å². The summed E-state index contributed by atoms with van der Waals surface area (Å²) in [5.74, 6) is -0.956. The number of esters is 3. The Labute approximate surface area is 481 Å². The van der Waals surface area contributed by atoms with Gasteiger partial charge in [0.2, 0.25) is 0 Å². The number of ether oxygens (including phenoxy) is 3. The van der Waals surface area contributed by atoms with Crippen molar-refractivity contribution in [3.8, 4) is 0 Å². The Balaban J connectivity index is 4.34. The van der Waals surface area contributed by atoms with Crippen LogP contribution in [0, 0.1) is 0 Å². The van der Waals surface area contributed by atoms with Gasteiger partial charge in [-0.25, -0.2) is 0 Å². The van der Waals surface area contributed by atoms with Crippen molar-refractivity contribution in [3.05, 3.63) is 134 Å². The van der Waals surface area contributed by atoms with Crippen molar-refractivity contribution in [3.63, 3.8) is 0 Å². The summed E-state index contributed by atoms with van der Waals surface area (Å²) in [7, 11) is 0. The van der Waals surface area contributed by atoms with E-state index in [0.717, 1.165) is 141 Å². The molecule has 0 aliphatic heterocycles. The molecule has 0 spiro atoms. The van der Waals surface area contributed by atoms with Crippen molar-refractivity contribution in [2.45, 2.75) is 290 Å². The summed E-state index contributed by atoms with van der Waals surface area (Å²) >= 11 is 0. The number of unbranched alkanes of at least 4 members (excludes halogenated alkanes) is 24. The third kappa shape index (κ3) is 62.4. The third-order valence-corrected chi connectivity index (χ3v) is 13.4. The van der Waals surface area contributed by atoms with Gasteiger partial charge >= 0.3 is 17.9 Å². The van der Waals surface area contributed by atoms with E-state index in [1.54, 1.807) is 0 Å². The molecule has 0 aliphatic carbocycles. The number of rotatable bonds is 57. The monoisotopic (exact) mass is 1080 g/mol. The Morgan fingerprint density at radius 2 is 0.500 bits per heavy atom. The van der Waals surface area contributed by atoms with E-state index in [1.165, 1.54) is 103 Å². The van der Waals surface area contributed by atoms with Crippen LogP contribution in [0.3, 0.4) is 0 Å². The van der Waals surface area contributed by atoms with Gasteiger partial charge in [-0.3, -0.25) is 14.4 Å². The number of hydrogen-bond donors (Lipinski definition) is 0. The predicted octanol–water partition coefficient (Wildman–Crippen LogP) is 22.2. The summed E-state index contributed by atoms with van der Waals surface area (Å²) in [5, 5.41) is 0. The molecule has 0 saturated heterocycles. The van der Waals surface area contributed by atoms with Crippen LogP contribution in [0.2, 0.25) is 0 Å². The molecule has 0 radical (unpaired) electrons. The molecule has 1 atom stereocenters. The lowest BCUT2D eigenvalue weighted by atomic mass is 10.0. The van der Waals surface area contributed by atoms with Crippen LogP contribution in [0.5, 0.6) is 0 Å². The van der Waals surface area contributed by atoms with E-state index in [4.69, 9.17) is 14.2 Å². The molecule has 442 valence electrons. The molecule has 0 aromatic carbocycles. The maximum absolute atomic E-state index is 12.9. The molecule has 0 rings (SSSR count).